The van der Waals surface area contributed by atoms with Crippen molar-refractivity contribution in [1.29, 1.82) is 0 Å². The Morgan fingerprint density at radius 3 is 0.861 bits per heavy atom. The molecule has 0 spiro atoms. The second-order valence-corrected chi connectivity index (χ2v) is 21.2. The largest absolute Gasteiger partial charge is 0.0622 e. The summed E-state index contributed by atoms with van der Waals surface area (Å²) >= 11 is 0. The van der Waals surface area contributed by atoms with E-state index in [1.165, 1.54) is 122 Å². The van der Waals surface area contributed by atoms with Gasteiger partial charge in [-0.15, -0.1) is 0 Å². The van der Waals surface area contributed by atoms with Gasteiger partial charge in [-0.25, -0.2) is 0 Å². The molecule has 384 valence electrons. The van der Waals surface area contributed by atoms with E-state index in [4.69, 9.17) is 0 Å². The maximum Gasteiger partial charge on any atom is 0.0159 e. The van der Waals surface area contributed by atoms with Gasteiger partial charge in [0.1, 0.15) is 0 Å². The van der Waals surface area contributed by atoms with E-state index in [0.29, 0.717) is 0 Å². The molecule has 1 aliphatic carbocycles. The van der Waals surface area contributed by atoms with Gasteiger partial charge in [0.2, 0.25) is 0 Å². The predicted octanol–water partition coefficient (Wildman–Crippen LogP) is 22.0. The summed E-state index contributed by atoms with van der Waals surface area (Å²) in [6.45, 7) is 13.1. The molecule has 0 radical (unpaired) electrons. The lowest BCUT2D eigenvalue weighted by Crippen LogP contribution is -2.14. The molecule has 0 amide bonds. The van der Waals surface area contributed by atoms with Gasteiger partial charge in [-0.1, -0.05) is 327 Å². The minimum atomic E-state index is 0.0760. The number of fused-ring (bicyclic) bond motifs is 3. The molecule has 79 heavy (non-hydrogen) atoms. The summed E-state index contributed by atoms with van der Waals surface area (Å²) in [5.41, 5.74) is 28.7. The molecule has 0 nitrogen and oxygen atoms in total. The lowest BCUT2D eigenvalue weighted by atomic mass is 9.81. The summed E-state index contributed by atoms with van der Waals surface area (Å²) in [6, 6.07) is 108. The molecule has 0 fully saturated rings. The molecule has 0 saturated heterocycles. The van der Waals surface area contributed by atoms with Crippen LogP contribution >= 0.6 is 0 Å². The maximum atomic E-state index is 2.38. The van der Waals surface area contributed by atoms with Crippen LogP contribution < -0.4 is 0 Å². The van der Waals surface area contributed by atoms with Gasteiger partial charge in [0.05, 0.1) is 0 Å². The first kappa shape index (κ1) is 53.1. The van der Waals surface area contributed by atoms with Crippen LogP contribution in [0.3, 0.4) is 0 Å². The van der Waals surface area contributed by atoms with Gasteiger partial charge in [-0.3, -0.25) is 0 Å². The highest BCUT2D eigenvalue weighted by Crippen LogP contribution is 2.49. The number of benzene rings is 12. The average molecular weight is 1020 g/mol. The smallest absolute Gasteiger partial charge is 0.0159 e. The van der Waals surface area contributed by atoms with Crippen molar-refractivity contribution in [3.05, 3.63) is 337 Å². The first-order chi connectivity index (χ1) is 38.6. The zero-order chi connectivity index (χ0) is 54.6. The van der Waals surface area contributed by atoms with Crippen molar-refractivity contribution in [3.63, 3.8) is 0 Å². The first-order valence-corrected chi connectivity index (χ1v) is 27.6. The van der Waals surface area contributed by atoms with E-state index in [2.05, 4.69) is 333 Å². The lowest BCUT2D eigenvalue weighted by Gasteiger charge is -2.22. The van der Waals surface area contributed by atoms with Crippen molar-refractivity contribution >= 4 is 0 Å². The lowest BCUT2D eigenvalue weighted by molar-refractivity contribution is 0.660. The molecule has 12 aromatic carbocycles. The third kappa shape index (κ3) is 12.9. The minimum absolute atomic E-state index is 0.0760. The summed E-state index contributed by atoms with van der Waals surface area (Å²) in [5, 5.41) is 0. The Hall–Kier alpha value is -9.36. The molecule has 0 heterocycles. The fourth-order valence-corrected chi connectivity index (χ4v) is 10.5. The zero-order valence-corrected chi connectivity index (χ0v) is 46.4. The monoisotopic (exact) mass is 1020 g/mol. The Kier molecular flexibility index (Phi) is 16.6. The van der Waals surface area contributed by atoms with Crippen molar-refractivity contribution in [2.45, 2.75) is 47.0 Å². The van der Waals surface area contributed by atoms with E-state index < -0.39 is 0 Å². The van der Waals surface area contributed by atoms with E-state index in [1.807, 2.05) is 12.1 Å². The second kappa shape index (κ2) is 24.8. The van der Waals surface area contributed by atoms with Crippen LogP contribution in [0.25, 0.3) is 89.0 Å². The van der Waals surface area contributed by atoms with Gasteiger partial charge in [-0.05, 0) is 140 Å². The van der Waals surface area contributed by atoms with Crippen molar-refractivity contribution in [2.75, 3.05) is 0 Å². The molecule has 0 bridgehead atoms. The van der Waals surface area contributed by atoms with E-state index in [9.17, 15) is 0 Å². The van der Waals surface area contributed by atoms with E-state index in [1.54, 1.807) is 0 Å². The molecule has 0 saturated carbocycles. The standard InChI is InChI=1S/C22H20.3C19H16/c1-15-8-10-16(11-9-15)17-12-13-19-18-6-4-5-7-20(18)22(2,3)21(19)14-17;1-15-11-13-17(14-12-15)19-10-6-5-9-18(19)16-7-3-2-4-8-16;1-15-10-12-17(13-11-15)19-9-5-8-18(14-19)16-6-3-2-4-7-16;1-15-7-9-17(10-8-15)19-13-11-18(12-14-19)16-5-3-2-4-6-16/h4-14H,1-3H3;3*2-14H,1H3. The summed E-state index contributed by atoms with van der Waals surface area (Å²) in [6.07, 6.45) is 0. The second-order valence-electron chi connectivity index (χ2n) is 21.2. The molecule has 0 heteroatoms. The van der Waals surface area contributed by atoms with Crippen LogP contribution in [0, 0.1) is 27.7 Å². The molecule has 0 unspecified atom stereocenters. The van der Waals surface area contributed by atoms with Crippen molar-refractivity contribution in [3.8, 4) is 89.0 Å². The third-order valence-electron chi connectivity index (χ3n) is 15.1. The maximum absolute atomic E-state index is 2.38. The molecule has 1 aliphatic rings. The van der Waals surface area contributed by atoms with Crippen molar-refractivity contribution in [2.24, 2.45) is 0 Å². The van der Waals surface area contributed by atoms with Crippen LogP contribution in [-0.4, -0.2) is 0 Å². The molecule has 0 atom stereocenters. The number of hydrogen-bond donors (Lipinski definition) is 0. The van der Waals surface area contributed by atoms with Gasteiger partial charge in [-0.2, -0.15) is 0 Å². The highest BCUT2D eigenvalue weighted by atomic mass is 14.4. The molecule has 0 aliphatic heterocycles. The Morgan fingerprint density at radius 2 is 0.430 bits per heavy atom. The molecule has 13 rings (SSSR count). The fraction of sp³-hybridized carbons (Fsp3) is 0.0886. The number of rotatable bonds is 7. The van der Waals surface area contributed by atoms with Crippen LogP contribution in [0.1, 0.15) is 47.2 Å². The summed E-state index contributed by atoms with van der Waals surface area (Å²) in [4.78, 5) is 0. The number of aryl methyl sites for hydroxylation is 4. The Labute approximate surface area is 470 Å². The van der Waals surface area contributed by atoms with Gasteiger partial charge >= 0.3 is 0 Å². The quantitative estimate of drug-likeness (QED) is 0.149. The van der Waals surface area contributed by atoms with E-state index in [-0.39, 0.29) is 5.41 Å². The van der Waals surface area contributed by atoms with Gasteiger partial charge < -0.3 is 0 Å². The SMILES string of the molecule is Cc1ccc(-c2ccc(-c3ccccc3)cc2)cc1.Cc1ccc(-c2ccc3c(c2)C(C)(C)c2ccccc2-3)cc1.Cc1ccc(-c2cccc(-c3ccccc3)c2)cc1.Cc1ccc(-c2ccccc2-c2ccccc2)cc1. The normalized spacial score (nSPS) is 11.5. The van der Waals surface area contributed by atoms with Gasteiger partial charge in [0, 0.05) is 5.41 Å². The van der Waals surface area contributed by atoms with Gasteiger partial charge in [0.15, 0.2) is 0 Å². The third-order valence-corrected chi connectivity index (χ3v) is 15.1. The van der Waals surface area contributed by atoms with Gasteiger partial charge in [0.25, 0.3) is 0 Å². The van der Waals surface area contributed by atoms with E-state index >= 15 is 0 Å². The van der Waals surface area contributed by atoms with Crippen LogP contribution in [0.5, 0.6) is 0 Å². The molecule has 0 N–H and O–H groups in total. The summed E-state index contributed by atoms with van der Waals surface area (Å²) in [5.74, 6) is 0. The molecule has 12 aromatic rings. The summed E-state index contributed by atoms with van der Waals surface area (Å²) in [7, 11) is 0. The van der Waals surface area contributed by atoms with Crippen LogP contribution in [0.4, 0.5) is 0 Å². The summed E-state index contributed by atoms with van der Waals surface area (Å²) < 4.78 is 0. The van der Waals surface area contributed by atoms with Crippen LogP contribution in [-0.2, 0) is 5.41 Å². The number of hydrogen-bond acceptors (Lipinski definition) is 0. The predicted molar refractivity (Wildman–Crippen MR) is 340 cm³/mol. The van der Waals surface area contributed by atoms with Crippen molar-refractivity contribution in [1.82, 2.24) is 0 Å². The highest BCUT2D eigenvalue weighted by Gasteiger charge is 2.35. The Bertz CT molecular complexity index is 3870. The Morgan fingerprint density at radius 1 is 0.177 bits per heavy atom. The first-order valence-electron chi connectivity index (χ1n) is 27.6. The fourth-order valence-electron chi connectivity index (χ4n) is 10.5. The molecular weight excluding hydrogens is 949 g/mol. The van der Waals surface area contributed by atoms with Crippen LogP contribution in [0.15, 0.2) is 303 Å². The van der Waals surface area contributed by atoms with Crippen LogP contribution in [0.2, 0.25) is 0 Å². The van der Waals surface area contributed by atoms with E-state index in [0.717, 1.165) is 0 Å². The zero-order valence-electron chi connectivity index (χ0n) is 46.4. The molecule has 0 aromatic heterocycles. The van der Waals surface area contributed by atoms with Crippen molar-refractivity contribution < 1.29 is 0 Å². The average Bonchev–Trinajstić information content (AvgIpc) is 3.82. The highest BCUT2D eigenvalue weighted by molar-refractivity contribution is 5.85. The topological polar surface area (TPSA) is 0 Å². The minimum Gasteiger partial charge on any atom is -0.0622 e. The molecular formula is C79H68. The Balaban J connectivity index is 0.000000119.